The Hall–Kier alpha value is -1.18. The summed E-state index contributed by atoms with van der Waals surface area (Å²) in [7, 11) is 2.11. The SMILES string of the molecule is CN(CCC(C)(C)C)c1cccc(N)c1. The van der Waals surface area contributed by atoms with Crippen LogP contribution >= 0.6 is 0 Å². The first-order chi connectivity index (χ1) is 6.88. The molecule has 0 atom stereocenters. The largest absolute Gasteiger partial charge is 0.399 e. The van der Waals surface area contributed by atoms with Gasteiger partial charge in [-0.3, -0.25) is 0 Å². The lowest BCUT2D eigenvalue weighted by molar-refractivity contribution is 0.381. The van der Waals surface area contributed by atoms with Gasteiger partial charge >= 0.3 is 0 Å². The van der Waals surface area contributed by atoms with Crippen molar-refractivity contribution in [3.63, 3.8) is 0 Å². The van der Waals surface area contributed by atoms with Gasteiger partial charge in [-0.2, -0.15) is 0 Å². The number of hydrogen-bond donors (Lipinski definition) is 1. The van der Waals surface area contributed by atoms with Crippen LogP contribution in [0.1, 0.15) is 27.2 Å². The lowest BCUT2D eigenvalue weighted by atomic mass is 9.92. The number of benzene rings is 1. The van der Waals surface area contributed by atoms with Gasteiger partial charge in [0.25, 0.3) is 0 Å². The van der Waals surface area contributed by atoms with Crippen LogP contribution in [0.4, 0.5) is 11.4 Å². The minimum Gasteiger partial charge on any atom is -0.399 e. The molecule has 0 saturated heterocycles. The van der Waals surface area contributed by atoms with E-state index in [2.05, 4.69) is 38.8 Å². The Morgan fingerprint density at radius 1 is 1.27 bits per heavy atom. The monoisotopic (exact) mass is 206 g/mol. The fraction of sp³-hybridized carbons (Fsp3) is 0.538. The van der Waals surface area contributed by atoms with Gasteiger partial charge in [0, 0.05) is 25.0 Å². The molecule has 15 heavy (non-hydrogen) atoms. The highest BCUT2D eigenvalue weighted by atomic mass is 15.1. The van der Waals surface area contributed by atoms with Crippen LogP contribution in [0.25, 0.3) is 0 Å². The summed E-state index contributed by atoms with van der Waals surface area (Å²) in [5.41, 5.74) is 8.16. The van der Waals surface area contributed by atoms with Gasteiger partial charge in [0.05, 0.1) is 0 Å². The summed E-state index contributed by atoms with van der Waals surface area (Å²) < 4.78 is 0. The van der Waals surface area contributed by atoms with E-state index >= 15 is 0 Å². The summed E-state index contributed by atoms with van der Waals surface area (Å²) in [6.45, 7) is 7.85. The second-order valence-corrected chi connectivity index (χ2v) is 5.33. The Labute approximate surface area is 93.1 Å². The molecular weight excluding hydrogens is 184 g/mol. The fourth-order valence-corrected chi connectivity index (χ4v) is 1.39. The van der Waals surface area contributed by atoms with Gasteiger partial charge in [0.15, 0.2) is 0 Å². The summed E-state index contributed by atoms with van der Waals surface area (Å²) in [6, 6.07) is 8.03. The number of nitrogens with two attached hydrogens (primary N) is 1. The zero-order valence-electron chi connectivity index (χ0n) is 10.2. The van der Waals surface area contributed by atoms with Crippen molar-refractivity contribution in [2.24, 2.45) is 5.41 Å². The Balaban J connectivity index is 2.58. The Morgan fingerprint density at radius 3 is 2.47 bits per heavy atom. The summed E-state index contributed by atoms with van der Waals surface area (Å²) in [4.78, 5) is 2.25. The molecular formula is C13H22N2. The molecule has 0 saturated carbocycles. The molecule has 0 bridgehead atoms. The normalized spacial score (nSPS) is 11.5. The van der Waals surface area contributed by atoms with Crippen molar-refractivity contribution in [1.29, 1.82) is 0 Å². The summed E-state index contributed by atoms with van der Waals surface area (Å²) in [5, 5.41) is 0. The number of nitrogen functional groups attached to an aromatic ring is 1. The fourth-order valence-electron chi connectivity index (χ4n) is 1.39. The number of rotatable bonds is 3. The van der Waals surface area contributed by atoms with Crippen LogP contribution in [0.5, 0.6) is 0 Å². The third-order valence-corrected chi connectivity index (χ3v) is 2.51. The topological polar surface area (TPSA) is 29.3 Å². The molecule has 0 aliphatic heterocycles. The molecule has 0 heterocycles. The Kier molecular flexibility index (Phi) is 3.61. The highest BCUT2D eigenvalue weighted by Crippen LogP contribution is 2.21. The van der Waals surface area contributed by atoms with Crippen molar-refractivity contribution in [3.8, 4) is 0 Å². The maximum atomic E-state index is 5.75. The molecule has 84 valence electrons. The van der Waals surface area contributed by atoms with E-state index in [0.29, 0.717) is 5.41 Å². The molecule has 0 spiro atoms. The van der Waals surface area contributed by atoms with Crippen molar-refractivity contribution in [3.05, 3.63) is 24.3 Å². The van der Waals surface area contributed by atoms with E-state index in [0.717, 1.165) is 12.2 Å². The van der Waals surface area contributed by atoms with Crippen molar-refractivity contribution in [1.82, 2.24) is 0 Å². The number of anilines is 2. The first-order valence-corrected chi connectivity index (χ1v) is 5.45. The van der Waals surface area contributed by atoms with Gasteiger partial charge in [-0.1, -0.05) is 26.8 Å². The summed E-state index contributed by atoms with van der Waals surface area (Å²) in [6.07, 6.45) is 1.18. The van der Waals surface area contributed by atoms with Gasteiger partial charge in [-0.15, -0.1) is 0 Å². The number of nitrogens with zero attached hydrogens (tertiary/aromatic N) is 1. The predicted octanol–water partition coefficient (Wildman–Crippen LogP) is 3.14. The maximum Gasteiger partial charge on any atom is 0.0384 e. The van der Waals surface area contributed by atoms with E-state index in [4.69, 9.17) is 5.73 Å². The minimum atomic E-state index is 0.384. The molecule has 2 N–H and O–H groups in total. The predicted molar refractivity (Wildman–Crippen MR) is 68.2 cm³/mol. The van der Waals surface area contributed by atoms with E-state index < -0.39 is 0 Å². The van der Waals surface area contributed by atoms with E-state index in [1.165, 1.54) is 12.1 Å². The molecule has 0 aliphatic rings. The van der Waals surface area contributed by atoms with Gasteiger partial charge in [0.2, 0.25) is 0 Å². The zero-order chi connectivity index (χ0) is 11.5. The standard InChI is InChI=1S/C13H22N2/c1-13(2,3)8-9-15(4)12-7-5-6-11(14)10-12/h5-7,10H,8-9,14H2,1-4H3. The summed E-state index contributed by atoms with van der Waals surface area (Å²) >= 11 is 0. The second kappa shape index (κ2) is 4.56. The number of hydrogen-bond acceptors (Lipinski definition) is 2. The highest BCUT2D eigenvalue weighted by molar-refractivity contribution is 5.55. The quantitative estimate of drug-likeness (QED) is 0.770. The third kappa shape index (κ3) is 4.24. The van der Waals surface area contributed by atoms with Crippen molar-refractivity contribution < 1.29 is 0 Å². The van der Waals surface area contributed by atoms with E-state index in [1.807, 2.05) is 18.2 Å². The van der Waals surface area contributed by atoms with Crippen LogP contribution in [-0.4, -0.2) is 13.6 Å². The molecule has 2 heteroatoms. The molecule has 0 radical (unpaired) electrons. The molecule has 0 amide bonds. The van der Waals surface area contributed by atoms with Crippen molar-refractivity contribution in [2.45, 2.75) is 27.2 Å². The van der Waals surface area contributed by atoms with Crippen LogP contribution in [0, 0.1) is 5.41 Å². The summed E-state index contributed by atoms with van der Waals surface area (Å²) in [5.74, 6) is 0. The van der Waals surface area contributed by atoms with Crippen LogP contribution in [0.15, 0.2) is 24.3 Å². The molecule has 1 aromatic carbocycles. The van der Waals surface area contributed by atoms with Crippen LogP contribution in [0.3, 0.4) is 0 Å². The average molecular weight is 206 g/mol. The lowest BCUT2D eigenvalue weighted by Crippen LogP contribution is -2.23. The van der Waals surface area contributed by atoms with Gasteiger partial charge in [-0.05, 0) is 30.0 Å². The van der Waals surface area contributed by atoms with Gasteiger partial charge in [-0.25, -0.2) is 0 Å². The molecule has 0 unspecified atom stereocenters. The maximum absolute atomic E-state index is 5.75. The highest BCUT2D eigenvalue weighted by Gasteiger charge is 2.11. The first-order valence-electron chi connectivity index (χ1n) is 5.45. The van der Waals surface area contributed by atoms with Crippen LogP contribution < -0.4 is 10.6 Å². The van der Waals surface area contributed by atoms with E-state index in [1.54, 1.807) is 0 Å². The second-order valence-electron chi connectivity index (χ2n) is 5.33. The smallest absolute Gasteiger partial charge is 0.0384 e. The minimum absolute atomic E-state index is 0.384. The first kappa shape index (κ1) is 11.9. The van der Waals surface area contributed by atoms with Crippen molar-refractivity contribution in [2.75, 3.05) is 24.2 Å². The molecule has 1 aromatic rings. The van der Waals surface area contributed by atoms with Gasteiger partial charge in [0.1, 0.15) is 0 Å². The van der Waals surface area contributed by atoms with Gasteiger partial charge < -0.3 is 10.6 Å². The molecule has 0 aliphatic carbocycles. The zero-order valence-corrected chi connectivity index (χ0v) is 10.2. The lowest BCUT2D eigenvalue weighted by Gasteiger charge is -2.25. The Morgan fingerprint density at radius 2 is 1.93 bits per heavy atom. The van der Waals surface area contributed by atoms with E-state index in [-0.39, 0.29) is 0 Å². The average Bonchev–Trinajstić information content (AvgIpc) is 2.13. The molecule has 2 nitrogen and oxygen atoms in total. The van der Waals surface area contributed by atoms with Crippen LogP contribution in [0.2, 0.25) is 0 Å². The van der Waals surface area contributed by atoms with Crippen molar-refractivity contribution >= 4 is 11.4 Å². The van der Waals surface area contributed by atoms with E-state index in [9.17, 15) is 0 Å². The molecule has 0 fully saturated rings. The molecule has 0 aromatic heterocycles. The third-order valence-electron chi connectivity index (χ3n) is 2.51. The van der Waals surface area contributed by atoms with Crippen LogP contribution in [-0.2, 0) is 0 Å². The Bertz CT molecular complexity index is 313. The molecule has 1 rings (SSSR count).